The minimum Gasteiger partial charge on any atom is -0.352 e. The van der Waals surface area contributed by atoms with E-state index in [1.54, 1.807) is 30.1 Å². The van der Waals surface area contributed by atoms with E-state index in [1.165, 1.54) is 4.68 Å². The summed E-state index contributed by atoms with van der Waals surface area (Å²) in [6.45, 7) is 2.63. The van der Waals surface area contributed by atoms with Crippen LogP contribution in [0.25, 0.3) is 0 Å². The molecule has 1 N–H and O–H groups in total. The molecular formula is C16H20F3N5O. The number of aromatic nitrogens is 4. The van der Waals surface area contributed by atoms with Gasteiger partial charge in [-0.1, -0.05) is 6.92 Å². The molecule has 0 saturated heterocycles. The van der Waals surface area contributed by atoms with Crippen molar-refractivity contribution >= 4 is 5.91 Å². The summed E-state index contributed by atoms with van der Waals surface area (Å²) >= 11 is 0. The predicted octanol–water partition coefficient (Wildman–Crippen LogP) is 2.35. The third kappa shape index (κ3) is 3.54. The number of carbonyl (C=O) groups is 1. The molecule has 2 aromatic heterocycles. The lowest BCUT2D eigenvalue weighted by molar-refractivity contribution is -0.142. The molecule has 1 aliphatic carbocycles. The van der Waals surface area contributed by atoms with E-state index in [1.807, 2.05) is 0 Å². The number of rotatable bonds is 6. The molecule has 0 fully saturated rings. The molecule has 0 bridgehead atoms. The van der Waals surface area contributed by atoms with Crippen molar-refractivity contribution in [2.45, 2.75) is 51.4 Å². The molecule has 9 heteroatoms. The van der Waals surface area contributed by atoms with Crippen LogP contribution in [0, 0.1) is 0 Å². The zero-order valence-electron chi connectivity index (χ0n) is 13.9. The van der Waals surface area contributed by atoms with Crippen LogP contribution in [0.4, 0.5) is 13.2 Å². The Morgan fingerprint density at radius 1 is 1.40 bits per heavy atom. The Morgan fingerprint density at radius 3 is 2.84 bits per heavy atom. The van der Waals surface area contributed by atoms with Gasteiger partial charge in [0.25, 0.3) is 0 Å². The van der Waals surface area contributed by atoms with E-state index in [-0.39, 0.29) is 11.5 Å². The number of hydrogen-bond donors (Lipinski definition) is 1. The van der Waals surface area contributed by atoms with Crippen molar-refractivity contribution in [3.8, 4) is 0 Å². The van der Waals surface area contributed by atoms with Crippen LogP contribution in [-0.2, 0) is 30.4 Å². The maximum atomic E-state index is 13.2. The van der Waals surface area contributed by atoms with Gasteiger partial charge in [0.15, 0.2) is 5.69 Å². The van der Waals surface area contributed by atoms with E-state index in [4.69, 9.17) is 0 Å². The Hall–Kier alpha value is -2.32. The Labute approximate surface area is 143 Å². The summed E-state index contributed by atoms with van der Waals surface area (Å²) in [6, 6.07) is 1.04. The molecule has 2 heterocycles. The highest BCUT2D eigenvalue weighted by Gasteiger charge is 2.41. The first kappa shape index (κ1) is 17.5. The first-order valence-corrected chi connectivity index (χ1v) is 8.34. The molecular weight excluding hydrogens is 335 g/mol. The highest BCUT2D eigenvalue weighted by Crippen LogP contribution is 2.37. The first-order valence-electron chi connectivity index (χ1n) is 8.34. The van der Waals surface area contributed by atoms with Crippen LogP contribution in [0.15, 0.2) is 18.5 Å². The second-order valence-corrected chi connectivity index (χ2v) is 6.05. The van der Waals surface area contributed by atoms with Crippen LogP contribution >= 0.6 is 0 Å². The summed E-state index contributed by atoms with van der Waals surface area (Å²) in [5.74, 6) is -0.319. The topological polar surface area (TPSA) is 64.7 Å². The molecule has 1 amide bonds. The van der Waals surface area contributed by atoms with Gasteiger partial charge in [0, 0.05) is 30.2 Å². The Balaban J connectivity index is 1.75. The SMILES string of the molecule is CCC(C(=O)NCCn1cccn1)n1nc(C(F)(F)F)c2c1CCC2. The molecule has 0 radical (unpaired) electrons. The van der Waals surface area contributed by atoms with Crippen molar-refractivity contribution < 1.29 is 18.0 Å². The molecule has 25 heavy (non-hydrogen) atoms. The number of fused-ring (bicyclic) bond motifs is 1. The number of hydrogen-bond acceptors (Lipinski definition) is 3. The van der Waals surface area contributed by atoms with Crippen LogP contribution < -0.4 is 5.32 Å². The fourth-order valence-corrected chi connectivity index (χ4v) is 3.26. The van der Waals surface area contributed by atoms with Gasteiger partial charge < -0.3 is 5.32 Å². The smallest absolute Gasteiger partial charge is 0.352 e. The van der Waals surface area contributed by atoms with Gasteiger partial charge in [-0.2, -0.15) is 23.4 Å². The van der Waals surface area contributed by atoms with E-state index >= 15 is 0 Å². The second-order valence-electron chi connectivity index (χ2n) is 6.05. The summed E-state index contributed by atoms with van der Waals surface area (Å²) in [5.41, 5.74) is -0.0560. The lowest BCUT2D eigenvalue weighted by atomic mass is 10.1. The van der Waals surface area contributed by atoms with Crippen LogP contribution in [0.5, 0.6) is 0 Å². The number of nitrogens with zero attached hydrogens (tertiary/aromatic N) is 4. The molecule has 0 spiro atoms. The van der Waals surface area contributed by atoms with E-state index in [0.29, 0.717) is 44.5 Å². The van der Waals surface area contributed by atoms with E-state index in [0.717, 1.165) is 0 Å². The lowest BCUT2D eigenvalue weighted by Gasteiger charge is -2.18. The van der Waals surface area contributed by atoms with Crippen molar-refractivity contribution in [3.05, 3.63) is 35.4 Å². The standard InChI is InChI=1S/C16H20F3N5O/c1-2-12(15(25)20-8-10-23-9-4-7-21-23)24-13-6-3-5-11(13)14(22-24)16(17,18)19/h4,7,9,12H,2-3,5-6,8,10H2,1H3,(H,20,25). The van der Waals surface area contributed by atoms with Gasteiger partial charge in [0.1, 0.15) is 6.04 Å². The molecule has 1 atom stereocenters. The third-order valence-electron chi connectivity index (χ3n) is 4.41. The van der Waals surface area contributed by atoms with Crippen LogP contribution in [0.1, 0.15) is 42.8 Å². The summed E-state index contributed by atoms with van der Waals surface area (Å²) in [7, 11) is 0. The molecule has 6 nitrogen and oxygen atoms in total. The van der Waals surface area contributed by atoms with Crippen molar-refractivity contribution in [2.75, 3.05) is 6.54 Å². The quantitative estimate of drug-likeness (QED) is 0.865. The zero-order chi connectivity index (χ0) is 18.0. The van der Waals surface area contributed by atoms with Gasteiger partial charge >= 0.3 is 6.18 Å². The second kappa shape index (κ2) is 6.89. The number of amides is 1. The van der Waals surface area contributed by atoms with Crippen molar-refractivity contribution in [2.24, 2.45) is 0 Å². The van der Waals surface area contributed by atoms with E-state index in [2.05, 4.69) is 15.5 Å². The molecule has 1 unspecified atom stereocenters. The molecule has 136 valence electrons. The van der Waals surface area contributed by atoms with Gasteiger partial charge in [-0.15, -0.1) is 0 Å². The fraction of sp³-hybridized carbons (Fsp3) is 0.562. The normalized spacial score (nSPS) is 15.2. The number of alkyl halides is 3. The Bertz CT molecular complexity index is 736. The zero-order valence-corrected chi connectivity index (χ0v) is 13.9. The Kier molecular flexibility index (Phi) is 4.82. The fourth-order valence-electron chi connectivity index (χ4n) is 3.26. The third-order valence-corrected chi connectivity index (χ3v) is 4.41. The van der Waals surface area contributed by atoms with E-state index < -0.39 is 17.9 Å². The number of carbonyl (C=O) groups excluding carboxylic acids is 1. The van der Waals surface area contributed by atoms with Crippen molar-refractivity contribution in [3.63, 3.8) is 0 Å². The summed E-state index contributed by atoms with van der Waals surface area (Å²) < 4.78 is 42.6. The Morgan fingerprint density at radius 2 is 2.20 bits per heavy atom. The molecule has 1 aliphatic rings. The maximum Gasteiger partial charge on any atom is 0.435 e. The highest BCUT2D eigenvalue weighted by atomic mass is 19.4. The average molecular weight is 355 g/mol. The lowest BCUT2D eigenvalue weighted by Crippen LogP contribution is -2.35. The minimum atomic E-state index is -4.49. The van der Waals surface area contributed by atoms with Crippen LogP contribution in [-0.4, -0.2) is 32.0 Å². The summed E-state index contributed by atoms with van der Waals surface area (Å²) in [6.07, 6.45) is 0.847. The minimum absolute atomic E-state index is 0.246. The largest absolute Gasteiger partial charge is 0.435 e. The van der Waals surface area contributed by atoms with E-state index in [9.17, 15) is 18.0 Å². The van der Waals surface area contributed by atoms with Crippen LogP contribution in [0.3, 0.4) is 0 Å². The monoisotopic (exact) mass is 355 g/mol. The molecule has 0 saturated carbocycles. The maximum absolute atomic E-state index is 13.2. The van der Waals surface area contributed by atoms with Gasteiger partial charge in [0.05, 0.1) is 6.54 Å². The molecule has 2 aromatic rings. The molecule has 0 aliphatic heterocycles. The number of nitrogens with one attached hydrogen (secondary N) is 1. The van der Waals surface area contributed by atoms with Gasteiger partial charge in [-0.05, 0) is 31.7 Å². The first-order chi connectivity index (χ1) is 11.9. The molecule has 0 aromatic carbocycles. The van der Waals surface area contributed by atoms with Gasteiger partial charge in [0.2, 0.25) is 5.91 Å². The molecule has 3 rings (SSSR count). The van der Waals surface area contributed by atoms with Crippen molar-refractivity contribution in [1.82, 2.24) is 24.9 Å². The van der Waals surface area contributed by atoms with Gasteiger partial charge in [-0.25, -0.2) is 0 Å². The summed E-state index contributed by atoms with van der Waals surface area (Å²) in [4.78, 5) is 12.5. The van der Waals surface area contributed by atoms with Crippen molar-refractivity contribution in [1.29, 1.82) is 0 Å². The average Bonchev–Trinajstić information content (AvgIpc) is 3.24. The predicted molar refractivity (Wildman–Crippen MR) is 83.8 cm³/mol. The highest BCUT2D eigenvalue weighted by molar-refractivity contribution is 5.80. The summed E-state index contributed by atoms with van der Waals surface area (Å²) in [5, 5.41) is 10.6. The number of halogens is 3. The van der Waals surface area contributed by atoms with Crippen LogP contribution in [0.2, 0.25) is 0 Å². The van der Waals surface area contributed by atoms with Gasteiger partial charge in [-0.3, -0.25) is 14.2 Å².